The third kappa shape index (κ3) is 3.49. The van der Waals surface area contributed by atoms with E-state index in [0.717, 1.165) is 0 Å². The molecule has 0 aliphatic carbocycles. The molecule has 0 bridgehead atoms. The number of hydrogen-bond donors (Lipinski definition) is 2. The molecule has 1 amide bonds. The van der Waals surface area contributed by atoms with Crippen LogP contribution >= 0.6 is 11.3 Å². The lowest BCUT2D eigenvalue weighted by Crippen LogP contribution is -2.35. The number of hydrogen-bond acceptors (Lipinski definition) is 6. The molecule has 0 aliphatic heterocycles. The molecule has 122 valence electrons. The lowest BCUT2D eigenvalue weighted by molar-refractivity contribution is -0.119. The summed E-state index contributed by atoms with van der Waals surface area (Å²) in [5.41, 5.74) is 0.501. The minimum Gasteiger partial charge on any atom is -0.370 e. The first-order chi connectivity index (χ1) is 11.6. The first-order valence-corrected chi connectivity index (χ1v) is 8.07. The van der Waals surface area contributed by atoms with Crippen LogP contribution < -0.4 is 16.2 Å². The van der Waals surface area contributed by atoms with E-state index in [9.17, 15) is 14.4 Å². The summed E-state index contributed by atoms with van der Waals surface area (Å²) < 4.78 is 1.41. The molecular formula is C16H14N4O3S. The standard InChI is InChI=1S/C16H14N4O3S/c21-13(11-4-2-1-3-5-11)9-18-14(22)10-17-12-8-19-16-20(15(12)23)6-7-24-16/h1-8,17H,9-10H2,(H,18,22). The second-order valence-corrected chi connectivity index (χ2v) is 5.83. The molecule has 0 fully saturated rings. The zero-order chi connectivity index (χ0) is 16.9. The fraction of sp³-hybridized carbons (Fsp3) is 0.125. The van der Waals surface area contributed by atoms with E-state index in [1.54, 1.807) is 35.8 Å². The molecule has 0 atom stereocenters. The summed E-state index contributed by atoms with van der Waals surface area (Å²) in [5.74, 6) is -0.556. The quantitative estimate of drug-likeness (QED) is 0.656. The maximum atomic E-state index is 12.1. The third-order valence-corrected chi connectivity index (χ3v) is 4.09. The van der Waals surface area contributed by atoms with Crippen LogP contribution in [-0.4, -0.2) is 34.2 Å². The van der Waals surface area contributed by atoms with Gasteiger partial charge in [0, 0.05) is 17.1 Å². The molecule has 0 radical (unpaired) electrons. The molecule has 1 aromatic carbocycles. The molecule has 2 heterocycles. The number of fused-ring (bicyclic) bond motifs is 1. The van der Waals surface area contributed by atoms with Crippen molar-refractivity contribution in [2.45, 2.75) is 0 Å². The lowest BCUT2D eigenvalue weighted by Gasteiger charge is -2.07. The number of Topliss-reactive ketones (excluding diaryl/α,β-unsaturated/α-hetero) is 1. The van der Waals surface area contributed by atoms with Crippen LogP contribution in [-0.2, 0) is 4.79 Å². The topological polar surface area (TPSA) is 92.6 Å². The smallest absolute Gasteiger partial charge is 0.281 e. The molecule has 8 heteroatoms. The highest BCUT2D eigenvalue weighted by Crippen LogP contribution is 2.07. The fourth-order valence-electron chi connectivity index (χ4n) is 2.09. The molecule has 0 unspecified atom stereocenters. The molecule has 24 heavy (non-hydrogen) atoms. The van der Waals surface area contributed by atoms with E-state index >= 15 is 0 Å². The minimum absolute atomic E-state index is 0.0919. The highest BCUT2D eigenvalue weighted by atomic mass is 32.1. The Labute approximate surface area is 141 Å². The normalized spacial score (nSPS) is 10.5. The van der Waals surface area contributed by atoms with Crippen molar-refractivity contribution in [3.63, 3.8) is 0 Å². The number of thiazole rings is 1. The van der Waals surface area contributed by atoms with Crippen molar-refractivity contribution in [2.24, 2.45) is 0 Å². The van der Waals surface area contributed by atoms with Crippen molar-refractivity contribution in [1.82, 2.24) is 14.7 Å². The van der Waals surface area contributed by atoms with E-state index in [4.69, 9.17) is 0 Å². The van der Waals surface area contributed by atoms with Gasteiger partial charge < -0.3 is 10.6 Å². The van der Waals surface area contributed by atoms with Gasteiger partial charge in [0.15, 0.2) is 10.7 Å². The maximum absolute atomic E-state index is 12.1. The first-order valence-electron chi connectivity index (χ1n) is 7.19. The van der Waals surface area contributed by atoms with Gasteiger partial charge in [0.2, 0.25) is 5.91 Å². The van der Waals surface area contributed by atoms with Crippen molar-refractivity contribution in [2.75, 3.05) is 18.4 Å². The summed E-state index contributed by atoms with van der Waals surface area (Å²) in [6, 6.07) is 8.72. The van der Waals surface area contributed by atoms with Gasteiger partial charge in [-0.25, -0.2) is 4.98 Å². The Morgan fingerprint density at radius 1 is 1.17 bits per heavy atom. The average Bonchev–Trinajstić information content (AvgIpc) is 3.09. The van der Waals surface area contributed by atoms with Gasteiger partial charge >= 0.3 is 0 Å². The Balaban J connectivity index is 1.54. The minimum atomic E-state index is -0.380. The average molecular weight is 342 g/mol. The van der Waals surface area contributed by atoms with Crippen molar-refractivity contribution < 1.29 is 9.59 Å². The Kier molecular flexibility index (Phi) is 4.66. The number of carbonyl (C=O) groups is 2. The first kappa shape index (κ1) is 15.9. The van der Waals surface area contributed by atoms with E-state index in [2.05, 4.69) is 15.6 Å². The maximum Gasteiger partial charge on any atom is 0.281 e. The number of aromatic nitrogens is 2. The third-order valence-electron chi connectivity index (χ3n) is 3.32. The van der Waals surface area contributed by atoms with E-state index in [0.29, 0.717) is 10.5 Å². The molecule has 3 aromatic rings. The molecule has 0 saturated heterocycles. The predicted molar refractivity (Wildman–Crippen MR) is 91.6 cm³/mol. The number of anilines is 1. The molecule has 0 saturated carbocycles. The van der Waals surface area contributed by atoms with Crippen LogP contribution in [0.3, 0.4) is 0 Å². The van der Waals surface area contributed by atoms with Gasteiger partial charge in [-0.15, -0.1) is 11.3 Å². The molecule has 7 nitrogen and oxygen atoms in total. The van der Waals surface area contributed by atoms with Crippen molar-refractivity contribution in [3.05, 3.63) is 64.0 Å². The Morgan fingerprint density at radius 3 is 2.75 bits per heavy atom. The summed E-state index contributed by atoms with van der Waals surface area (Å²) in [7, 11) is 0. The highest BCUT2D eigenvalue weighted by Gasteiger charge is 2.09. The summed E-state index contributed by atoms with van der Waals surface area (Å²) in [5, 5.41) is 7.03. The van der Waals surface area contributed by atoms with Gasteiger partial charge in [0.25, 0.3) is 5.56 Å². The van der Waals surface area contributed by atoms with Crippen LogP contribution in [0.4, 0.5) is 5.69 Å². The molecular weight excluding hydrogens is 328 g/mol. The number of rotatable bonds is 6. The zero-order valence-corrected chi connectivity index (χ0v) is 13.4. The second-order valence-electron chi connectivity index (χ2n) is 4.95. The van der Waals surface area contributed by atoms with Crippen LogP contribution in [0.1, 0.15) is 10.4 Å². The van der Waals surface area contributed by atoms with Crippen LogP contribution in [0.25, 0.3) is 4.96 Å². The van der Waals surface area contributed by atoms with E-state index in [-0.39, 0.29) is 36.0 Å². The summed E-state index contributed by atoms with van der Waals surface area (Å²) >= 11 is 1.35. The van der Waals surface area contributed by atoms with Crippen LogP contribution in [0.15, 0.2) is 52.9 Å². The molecule has 2 N–H and O–H groups in total. The van der Waals surface area contributed by atoms with Crippen molar-refractivity contribution in [3.8, 4) is 0 Å². The predicted octanol–water partition coefficient (Wildman–Crippen LogP) is 1.17. The van der Waals surface area contributed by atoms with E-state index in [1.165, 1.54) is 21.9 Å². The Morgan fingerprint density at radius 2 is 1.96 bits per heavy atom. The fourth-order valence-corrected chi connectivity index (χ4v) is 2.76. The molecule has 0 spiro atoms. The monoisotopic (exact) mass is 342 g/mol. The van der Waals surface area contributed by atoms with Gasteiger partial charge in [-0.3, -0.25) is 18.8 Å². The number of nitrogens with one attached hydrogen (secondary N) is 2. The number of carbonyl (C=O) groups excluding carboxylic acids is 2. The summed E-state index contributed by atoms with van der Waals surface area (Å²) in [6.07, 6.45) is 3.02. The van der Waals surface area contributed by atoms with Crippen LogP contribution in [0.2, 0.25) is 0 Å². The largest absolute Gasteiger partial charge is 0.370 e. The van der Waals surface area contributed by atoms with Crippen molar-refractivity contribution in [1.29, 1.82) is 0 Å². The Bertz CT molecular complexity index is 933. The van der Waals surface area contributed by atoms with E-state index < -0.39 is 0 Å². The highest BCUT2D eigenvalue weighted by molar-refractivity contribution is 7.15. The number of ketones is 1. The number of nitrogens with zero attached hydrogens (tertiary/aromatic N) is 2. The van der Waals surface area contributed by atoms with Gasteiger partial charge in [-0.2, -0.15) is 0 Å². The van der Waals surface area contributed by atoms with Gasteiger partial charge in [-0.1, -0.05) is 30.3 Å². The van der Waals surface area contributed by atoms with Crippen LogP contribution in [0.5, 0.6) is 0 Å². The summed E-state index contributed by atoms with van der Waals surface area (Å²) in [6.45, 7) is -0.208. The SMILES string of the molecule is O=C(CNc1cnc2sccn2c1=O)NCC(=O)c1ccccc1. The number of benzene rings is 1. The van der Waals surface area contributed by atoms with E-state index in [1.807, 2.05) is 6.07 Å². The summed E-state index contributed by atoms with van der Waals surface area (Å²) in [4.78, 5) is 40.6. The second kappa shape index (κ2) is 7.05. The van der Waals surface area contributed by atoms with Gasteiger partial charge in [0.05, 0.1) is 19.3 Å². The van der Waals surface area contributed by atoms with Gasteiger partial charge in [0.1, 0.15) is 5.69 Å². The Hall–Kier alpha value is -3.00. The van der Waals surface area contributed by atoms with Crippen LogP contribution in [0, 0.1) is 0 Å². The number of amides is 1. The van der Waals surface area contributed by atoms with Gasteiger partial charge in [-0.05, 0) is 0 Å². The molecule has 0 aliphatic rings. The zero-order valence-electron chi connectivity index (χ0n) is 12.6. The molecule has 2 aromatic heterocycles. The van der Waals surface area contributed by atoms with Crippen molar-refractivity contribution >= 4 is 33.7 Å². The lowest BCUT2D eigenvalue weighted by atomic mass is 10.1. The molecule has 3 rings (SSSR count).